The summed E-state index contributed by atoms with van der Waals surface area (Å²) in [5, 5.41) is 3.01. The van der Waals surface area contributed by atoms with Crippen LogP contribution in [-0.2, 0) is 6.18 Å². The number of anilines is 1. The van der Waals surface area contributed by atoms with Crippen molar-refractivity contribution in [3.05, 3.63) is 29.8 Å². The second-order valence-electron chi connectivity index (χ2n) is 4.03. The van der Waals surface area contributed by atoms with Gasteiger partial charge in [-0.2, -0.15) is 13.2 Å². The van der Waals surface area contributed by atoms with Crippen LogP contribution >= 0.6 is 0 Å². The molecule has 0 radical (unpaired) electrons. The lowest BCUT2D eigenvalue weighted by Crippen LogP contribution is -2.28. The maximum Gasteiger partial charge on any atom is 0.416 e. The predicted octanol–water partition coefficient (Wildman–Crippen LogP) is 3.46. The summed E-state index contributed by atoms with van der Waals surface area (Å²) in [4.78, 5) is 2.21. The van der Waals surface area contributed by atoms with Gasteiger partial charge in [-0.3, -0.25) is 0 Å². The number of hydrogen-bond acceptors (Lipinski definition) is 2. The molecule has 0 spiro atoms. The van der Waals surface area contributed by atoms with Crippen molar-refractivity contribution >= 4 is 5.69 Å². The van der Waals surface area contributed by atoms with Gasteiger partial charge >= 0.3 is 6.18 Å². The average Bonchev–Trinajstić information content (AvgIpc) is 2.34. The summed E-state index contributed by atoms with van der Waals surface area (Å²) in [6.45, 7) is 7.48. The Hall–Kier alpha value is -1.23. The molecule has 102 valence electrons. The lowest BCUT2D eigenvalue weighted by Gasteiger charge is -2.18. The normalized spacial score (nSPS) is 11.9. The number of benzene rings is 1. The Bertz CT molecular complexity index is 359. The molecule has 0 bridgehead atoms. The van der Waals surface area contributed by atoms with E-state index in [0.717, 1.165) is 31.8 Å². The van der Waals surface area contributed by atoms with Crippen LogP contribution in [0.3, 0.4) is 0 Å². The summed E-state index contributed by atoms with van der Waals surface area (Å²) < 4.78 is 37.5. The minimum Gasteiger partial charge on any atom is -0.384 e. The van der Waals surface area contributed by atoms with Crippen molar-refractivity contribution in [1.82, 2.24) is 4.90 Å². The molecule has 0 saturated carbocycles. The molecule has 0 aliphatic heterocycles. The molecule has 1 N–H and O–H groups in total. The van der Waals surface area contributed by atoms with Crippen LogP contribution in [-0.4, -0.2) is 31.1 Å². The van der Waals surface area contributed by atoms with Crippen LogP contribution in [0, 0.1) is 0 Å². The average molecular weight is 260 g/mol. The van der Waals surface area contributed by atoms with Crippen molar-refractivity contribution in [2.24, 2.45) is 0 Å². The van der Waals surface area contributed by atoms with E-state index in [-0.39, 0.29) is 0 Å². The van der Waals surface area contributed by atoms with E-state index in [4.69, 9.17) is 0 Å². The Kier molecular flexibility index (Phi) is 5.47. The fraction of sp³-hybridized carbons (Fsp3) is 0.538. The Morgan fingerprint density at radius 1 is 1.17 bits per heavy atom. The monoisotopic (exact) mass is 260 g/mol. The van der Waals surface area contributed by atoms with E-state index >= 15 is 0 Å². The summed E-state index contributed by atoms with van der Waals surface area (Å²) in [6, 6.07) is 5.29. The second-order valence-corrected chi connectivity index (χ2v) is 4.03. The van der Waals surface area contributed by atoms with E-state index in [1.807, 2.05) is 0 Å². The fourth-order valence-electron chi connectivity index (χ4n) is 1.70. The molecule has 18 heavy (non-hydrogen) atoms. The highest BCUT2D eigenvalue weighted by Gasteiger charge is 2.30. The molecule has 0 amide bonds. The van der Waals surface area contributed by atoms with E-state index in [1.54, 1.807) is 6.07 Å². The quantitative estimate of drug-likeness (QED) is 0.842. The first kappa shape index (κ1) is 14.8. The van der Waals surface area contributed by atoms with Gasteiger partial charge < -0.3 is 10.2 Å². The minimum atomic E-state index is -4.28. The van der Waals surface area contributed by atoms with Crippen molar-refractivity contribution in [2.75, 3.05) is 31.5 Å². The summed E-state index contributed by atoms with van der Waals surface area (Å²) in [7, 11) is 0. The maximum absolute atomic E-state index is 12.5. The van der Waals surface area contributed by atoms with Gasteiger partial charge in [-0.1, -0.05) is 19.9 Å². The van der Waals surface area contributed by atoms with Gasteiger partial charge in [0, 0.05) is 18.8 Å². The van der Waals surface area contributed by atoms with Gasteiger partial charge in [0.1, 0.15) is 0 Å². The number of halogens is 3. The summed E-state index contributed by atoms with van der Waals surface area (Å²) >= 11 is 0. The van der Waals surface area contributed by atoms with Crippen molar-refractivity contribution in [1.29, 1.82) is 0 Å². The van der Waals surface area contributed by atoms with Crippen LogP contribution in [0.2, 0.25) is 0 Å². The van der Waals surface area contributed by atoms with E-state index in [1.165, 1.54) is 6.07 Å². The lowest BCUT2D eigenvalue weighted by atomic mass is 10.2. The maximum atomic E-state index is 12.5. The number of nitrogens with zero attached hydrogens (tertiary/aromatic N) is 1. The van der Waals surface area contributed by atoms with E-state index in [9.17, 15) is 13.2 Å². The van der Waals surface area contributed by atoms with E-state index in [2.05, 4.69) is 24.1 Å². The van der Waals surface area contributed by atoms with Crippen molar-refractivity contribution < 1.29 is 13.2 Å². The lowest BCUT2D eigenvalue weighted by molar-refractivity contribution is -0.137. The second kappa shape index (κ2) is 6.64. The third-order valence-corrected chi connectivity index (χ3v) is 2.84. The number of nitrogens with one attached hydrogen (secondary N) is 1. The fourth-order valence-corrected chi connectivity index (χ4v) is 1.70. The largest absolute Gasteiger partial charge is 0.416 e. The highest BCUT2D eigenvalue weighted by molar-refractivity contribution is 5.46. The number of rotatable bonds is 6. The zero-order chi connectivity index (χ0) is 13.6. The number of hydrogen-bond donors (Lipinski definition) is 1. The highest BCUT2D eigenvalue weighted by Crippen LogP contribution is 2.30. The van der Waals surface area contributed by atoms with Crippen LogP contribution in [0.5, 0.6) is 0 Å². The standard InChI is InChI=1S/C13H19F3N2/c1-3-18(4-2)9-8-17-12-7-5-6-11(10-12)13(14,15)16/h5-7,10,17H,3-4,8-9H2,1-2H3. The third-order valence-electron chi connectivity index (χ3n) is 2.84. The molecule has 0 aromatic heterocycles. The van der Waals surface area contributed by atoms with E-state index in [0.29, 0.717) is 12.2 Å². The van der Waals surface area contributed by atoms with Crippen molar-refractivity contribution in [2.45, 2.75) is 20.0 Å². The van der Waals surface area contributed by atoms with Gasteiger partial charge in [-0.25, -0.2) is 0 Å². The smallest absolute Gasteiger partial charge is 0.384 e. The van der Waals surface area contributed by atoms with Crippen LogP contribution < -0.4 is 5.32 Å². The molecule has 5 heteroatoms. The summed E-state index contributed by atoms with van der Waals surface area (Å²) in [6.07, 6.45) is -4.28. The molecule has 1 aromatic rings. The Labute approximate surface area is 106 Å². The summed E-state index contributed by atoms with van der Waals surface area (Å²) in [5.74, 6) is 0. The molecule has 0 aliphatic rings. The summed E-state index contributed by atoms with van der Waals surface area (Å²) in [5.41, 5.74) is -0.104. The topological polar surface area (TPSA) is 15.3 Å². The molecular weight excluding hydrogens is 241 g/mol. The first-order chi connectivity index (χ1) is 8.47. The zero-order valence-corrected chi connectivity index (χ0v) is 10.7. The predicted molar refractivity (Wildman–Crippen MR) is 67.7 cm³/mol. The third kappa shape index (κ3) is 4.56. The van der Waals surface area contributed by atoms with Gasteiger partial charge in [-0.05, 0) is 31.3 Å². The Morgan fingerprint density at radius 3 is 2.39 bits per heavy atom. The molecule has 0 aliphatic carbocycles. The highest BCUT2D eigenvalue weighted by atomic mass is 19.4. The van der Waals surface area contributed by atoms with Crippen molar-refractivity contribution in [3.8, 4) is 0 Å². The molecule has 0 saturated heterocycles. The molecule has 2 nitrogen and oxygen atoms in total. The van der Waals surface area contributed by atoms with Crippen molar-refractivity contribution in [3.63, 3.8) is 0 Å². The molecule has 0 unspecified atom stereocenters. The minimum absolute atomic E-state index is 0.511. The van der Waals surface area contributed by atoms with Gasteiger partial charge in [-0.15, -0.1) is 0 Å². The molecule has 1 aromatic carbocycles. The Morgan fingerprint density at radius 2 is 1.83 bits per heavy atom. The molecule has 0 fully saturated rings. The Balaban J connectivity index is 2.53. The number of alkyl halides is 3. The molecule has 0 atom stereocenters. The molecular formula is C13H19F3N2. The van der Waals surface area contributed by atoms with Crippen LogP contribution in [0.4, 0.5) is 18.9 Å². The van der Waals surface area contributed by atoms with Gasteiger partial charge in [0.15, 0.2) is 0 Å². The van der Waals surface area contributed by atoms with Crippen LogP contribution in [0.15, 0.2) is 24.3 Å². The molecule has 1 rings (SSSR count). The van der Waals surface area contributed by atoms with Crippen LogP contribution in [0.25, 0.3) is 0 Å². The van der Waals surface area contributed by atoms with Crippen LogP contribution in [0.1, 0.15) is 19.4 Å². The first-order valence-corrected chi connectivity index (χ1v) is 6.10. The SMILES string of the molecule is CCN(CC)CCNc1cccc(C(F)(F)F)c1. The van der Waals surface area contributed by atoms with Gasteiger partial charge in [0.05, 0.1) is 5.56 Å². The zero-order valence-electron chi connectivity index (χ0n) is 10.7. The van der Waals surface area contributed by atoms with E-state index < -0.39 is 11.7 Å². The van der Waals surface area contributed by atoms with Gasteiger partial charge in [0.25, 0.3) is 0 Å². The number of likely N-dealkylation sites (N-methyl/N-ethyl adjacent to an activating group) is 1. The molecule has 0 heterocycles. The van der Waals surface area contributed by atoms with Gasteiger partial charge in [0.2, 0.25) is 0 Å². The first-order valence-electron chi connectivity index (χ1n) is 6.10.